The van der Waals surface area contributed by atoms with Crippen molar-refractivity contribution in [3.8, 4) is 0 Å². The summed E-state index contributed by atoms with van der Waals surface area (Å²) in [7, 11) is 0. The first-order chi connectivity index (χ1) is 42.5. The number of aliphatic hydroxyl groups is 2. The topological polar surface area (TPSA) is 95.9 Å². The van der Waals surface area contributed by atoms with Crippen molar-refractivity contribution in [2.24, 2.45) is 0 Å². The number of allylic oxidation sites excluding steroid dienone is 8. The van der Waals surface area contributed by atoms with Gasteiger partial charge in [-0.25, -0.2) is 0 Å². The van der Waals surface area contributed by atoms with E-state index in [-0.39, 0.29) is 18.5 Å². The van der Waals surface area contributed by atoms with E-state index in [2.05, 4.69) is 67.8 Å². The van der Waals surface area contributed by atoms with Gasteiger partial charge in [0, 0.05) is 12.8 Å². The van der Waals surface area contributed by atoms with Crippen molar-refractivity contribution < 1.29 is 24.5 Å². The molecule has 6 nitrogen and oxygen atoms in total. The summed E-state index contributed by atoms with van der Waals surface area (Å²) in [4.78, 5) is 24.7. The lowest BCUT2D eigenvalue weighted by Crippen LogP contribution is -2.45. The Balaban J connectivity index is 3.39. The zero-order valence-electron chi connectivity index (χ0n) is 58.1. The van der Waals surface area contributed by atoms with Crippen LogP contribution in [0.2, 0.25) is 0 Å². The molecule has 0 heterocycles. The monoisotopic (exact) mass is 1210 g/mol. The molecule has 0 aliphatic carbocycles. The summed E-state index contributed by atoms with van der Waals surface area (Å²) in [6, 6.07) is -0.543. The quantitative estimate of drug-likeness (QED) is 0.0320. The lowest BCUT2D eigenvalue weighted by atomic mass is 10.0. The van der Waals surface area contributed by atoms with Gasteiger partial charge in [0.15, 0.2) is 0 Å². The van der Waals surface area contributed by atoms with Crippen molar-refractivity contribution in [2.45, 2.75) is 437 Å². The highest BCUT2D eigenvalue weighted by Gasteiger charge is 2.20. The van der Waals surface area contributed by atoms with Crippen molar-refractivity contribution >= 4 is 11.9 Å². The van der Waals surface area contributed by atoms with Gasteiger partial charge in [-0.05, 0) is 89.9 Å². The van der Waals surface area contributed by atoms with Crippen LogP contribution in [0.3, 0.4) is 0 Å². The van der Waals surface area contributed by atoms with Crippen molar-refractivity contribution in [1.29, 1.82) is 0 Å². The molecule has 0 aliphatic rings. The van der Waals surface area contributed by atoms with Gasteiger partial charge < -0.3 is 20.3 Å². The van der Waals surface area contributed by atoms with E-state index in [0.29, 0.717) is 25.9 Å². The maximum absolute atomic E-state index is 12.6. The van der Waals surface area contributed by atoms with E-state index in [9.17, 15) is 19.8 Å². The van der Waals surface area contributed by atoms with E-state index in [1.54, 1.807) is 0 Å². The summed E-state index contributed by atoms with van der Waals surface area (Å²) in [5, 5.41) is 23.4. The molecule has 2 atom stereocenters. The molecule has 0 aromatic rings. The predicted octanol–water partition coefficient (Wildman–Crippen LogP) is 25.6. The molecule has 0 bridgehead atoms. The number of aliphatic hydroxyl groups excluding tert-OH is 2. The minimum absolute atomic E-state index is 0.00632. The molecule has 6 heteroatoms. The number of unbranched alkanes of at least 4 members (excludes halogenated alkanes) is 54. The van der Waals surface area contributed by atoms with Crippen molar-refractivity contribution in [3.05, 3.63) is 48.6 Å². The number of esters is 1. The van der Waals surface area contributed by atoms with Crippen LogP contribution >= 0.6 is 0 Å². The van der Waals surface area contributed by atoms with E-state index >= 15 is 0 Å². The summed E-state index contributed by atoms with van der Waals surface area (Å²) in [6.07, 6.45) is 99.0. The van der Waals surface area contributed by atoms with Gasteiger partial charge in [0.1, 0.15) is 0 Å². The first-order valence-electron chi connectivity index (χ1n) is 38.9. The van der Waals surface area contributed by atoms with Gasteiger partial charge in [-0.2, -0.15) is 0 Å². The van der Waals surface area contributed by atoms with Gasteiger partial charge in [-0.15, -0.1) is 0 Å². The van der Waals surface area contributed by atoms with Crippen LogP contribution in [-0.4, -0.2) is 47.4 Å². The Morgan fingerprint density at radius 3 is 0.895 bits per heavy atom. The Morgan fingerprint density at radius 1 is 0.326 bits per heavy atom. The molecular weight excluding hydrogens is 1050 g/mol. The third kappa shape index (κ3) is 70.9. The molecule has 86 heavy (non-hydrogen) atoms. The van der Waals surface area contributed by atoms with Crippen molar-refractivity contribution in [1.82, 2.24) is 5.32 Å². The van der Waals surface area contributed by atoms with Crippen LogP contribution in [0, 0.1) is 0 Å². The molecule has 3 N–H and O–H groups in total. The Kier molecular flexibility index (Phi) is 73.4. The van der Waals surface area contributed by atoms with Crippen molar-refractivity contribution in [3.63, 3.8) is 0 Å². The number of nitrogens with one attached hydrogen (secondary N) is 1. The van der Waals surface area contributed by atoms with Gasteiger partial charge in [0.2, 0.25) is 5.91 Å². The van der Waals surface area contributed by atoms with Crippen LogP contribution in [0.4, 0.5) is 0 Å². The first kappa shape index (κ1) is 83.8. The molecule has 1 amide bonds. The second-order valence-corrected chi connectivity index (χ2v) is 26.7. The van der Waals surface area contributed by atoms with Crippen LogP contribution in [-0.2, 0) is 14.3 Å². The zero-order valence-corrected chi connectivity index (χ0v) is 58.1. The highest BCUT2D eigenvalue weighted by atomic mass is 16.5. The minimum Gasteiger partial charge on any atom is -0.466 e. The lowest BCUT2D eigenvalue weighted by molar-refractivity contribution is -0.143. The van der Waals surface area contributed by atoms with Gasteiger partial charge >= 0.3 is 5.97 Å². The molecule has 2 unspecified atom stereocenters. The fourth-order valence-electron chi connectivity index (χ4n) is 12.2. The van der Waals surface area contributed by atoms with Crippen molar-refractivity contribution in [2.75, 3.05) is 13.2 Å². The summed E-state index contributed by atoms with van der Waals surface area (Å²) in [5.74, 6) is -0.0240. The molecular formula is C80H151NO5. The SMILES string of the molecule is CCCCCC/C=C\C/C=C\CCCCCCCCCC(=O)OCCCCCCCCCCC/C=C\C/C=C\CCCCCCCCCCCCCCCCCC(=O)NC(CO)C(O)CCCCCCCCCCCCCCCCCCCCCC. The van der Waals surface area contributed by atoms with Gasteiger partial charge in [-0.3, -0.25) is 9.59 Å². The van der Waals surface area contributed by atoms with E-state index in [1.807, 2.05) is 0 Å². The van der Waals surface area contributed by atoms with Gasteiger partial charge in [0.25, 0.3) is 0 Å². The Morgan fingerprint density at radius 2 is 0.581 bits per heavy atom. The molecule has 0 fully saturated rings. The molecule has 0 saturated carbocycles. The standard InChI is InChI=1S/C80H151NO5/c1-3-5-7-9-11-13-15-17-19-21-23-37-40-44-48-52-56-60-64-68-72-78(83)77(76-82)81-79(84)73-69-65-61-57-53-49-45-41-38-35-33-31-29-27-25-24-26-28-30-32-34-36-39-43-47-51-55-59-63-67-71-75-86-80(85)74-70-66-62-58-54-50-46-42-22-20-18-16-14-12-10-8-6-4-2/h14,16,20,22,26,28,32,34,77-78,82-83H,3-13,15,17-19,21,23-25,27,29-31,33,35-76H2,1-2H3,(H,81,84)/b16-14-,22-20-,28-26-,34-32-. The fourth-order valence-corrected chi connectivity index (χ4v) is 12.2. The second kappa shape index (κ2) is 75.3. The number of carbonyl (C=O) groups is 2. The van der Waals surface area contributed by atoms with E-state index < -0.39 is 12.1 Å². The van der Waals surface area contributed by atoms with Crippen LogP contribution in [0.15, 0.2) is 48.6 Å². The second-order valence-electron chi connectivity index (χ2n) is 26.7. The molecule has 0 saturated heterocycles. The van der Waals surface area contributed by atoms with Gasteiger partial charge in [-0.1, -0.05) is 371 Å². The normalized spacial score (nSPS) is 12.7. The number of ether oxygens (including phenoxy) is 1. The smallest absolute Gasteiger partial charge is 0.305 e. The average Bonchev–Trinajstić information content (AvgIpc) is 3.54. The number of hydrogen-bond acceptors (Lipinski definition) is 5. The third-order valence-electron chi connectivity index (χ3n) is 18.1. The maximum atomic E-state index is 12.6. The first-order valence-corrected chi connectivity index (χ1v) is 38.9. The van der Waals surface area contributed by atoms with Crippen LogP contribution < -0.4 is 5.32 Å². The Hall–Kier alpha value is -2.18. The molecule has 506 valence electrons. The molecule has 0 rings (SSSR count). The summed E-state index contributed by atoms with van der Waals surface area (Å²) in [5.41, 5.74) is 0. The molecule has 0 spiro atoms. The molecule has 0 aromatic carbocycles. The predicted molar refractivity (Wildman–Crippen MR) is 379 cm³/mol. The number of hydrogen-bond donors (Lipinski definition) is 3. The molecule has 0 radical (unpaired) electrons. The largest absolute Gasteiger partial charge is 0.466 e. The van der Waals surface area contributed by atoms with E-state index in [4.69, 9.17) is 4.74 Å². The molecule has 0 aromatic heterocycles. The highest BCUT2D eigenvalue weighted by molar-refractivity contribution is 5.76. The third-order valence-corrected chi connectivity index (χ3v) is 18.1. The van der Waals surface area contributed by atoms with Crippen LogP contribution in [0.25, 0.3) is 0 Å². The molecule has 0 aliphatic heterocycles. The Bertz CT molecular complexity index is 1440. The minimum atomic E-state index is -0.666. The number of rotatable bonds is 73. The summed E-state index contributed by atoms with van der Waals surface area (Å²) >= 11 is 0. The average molecular weight is 1210 g/mol. The fraction of sp³-hybridized carbons (Fsp3) is 0.875. The van der Waals surface area contributed by atoms with E-state index in [0.717, 1.165) is 57.8 Å². The highest BCUT2D eigenvalue weighted by Crippen LogP contribution is 2.19. The lowest BCUT2D eigenvalue weighted by Gasteiger charge is -2.22. The van der Waals surface area contributed by atoms with E-state index in [1.165, 1.54) is 334 Å². The van der Waals surface area contributed by atoms with Gasteiger partial charge in [0.05, 0.1) is 25.4 Å². The zero-order chi connectivity index (χ0) is 62.0. The van der Waals surface area contributed by atoms with Crippen LogP contribution in [0.1, 0.15) is 425 Å². The van der Waals surface area contributed by atoms with Crippen LogP contribution in [0.5, 0.6) is 0 Å². The summed E-state index contributed by atoms with van der Waals surface area (Å²) < 4.78 is 5.50. The number of amides is 1. The number of carbonyl (C=O) groups excluding carboxylic acids is 2. The summed E-state index contributed by atoms with van der Waals surface area (Å²) in [6.45, 7) is 4.97. The Labute approximate surface area is 537 Å². The maximum Gasteiger partial charge on any atom is 0.305 e.